The Kier molecular flexibility index (Phi) is 4.87. The molecule has 0 aliphatic heterocycles. The predicted molar refractivity (Wildman–Crippen MR) is 95.0 cm³/mol. The number of benzene rings is 1. The first-order valence-corrected chi connectivity index (χ1v) is 8.63. The smallest absolute Gasteiger partial charge is 0.309 e. The number of aliphatic hydroxyl groups is 1. The van der Waals surface area contributed by atoms with Gasteiger partial charge >= 0.3 is 11.8 Å². The van der Waals surface area contributed by atoms with Gasteiger partial charge in [-0.25, -0.2) is 0 Å². The standard InChI is InChI=1S/C18H18N2O4S/c1-18(23,15-9-12-5-2-3-7-14(12)24-15)11-20-17(22)16(21)19-10-13-6-4-8-25-13/h2-9,23H,10-11H2,1H3,(H,19,21)(H,20,22). The molecular formula is C18H18N2O4S. The van der Waals surface area contributed by atoms with Crippen LogP contribution in [0.2, 0.25) is 0 Å². The lowest BCUT2D eigenvalue weighted by Gasteiger charge is -2.20. The highest BCUT2D eigenvalue weighted by Gasteiger charge is 2.29. The summed E-state index contributed by atoms with van der Waals surface area (Å²) in [4.78, 5) is 24.7. The molecule has 3 rings (SSSR count). The van der Waals surface area contributed by atoms with Crippen LogP contribution >= 0.6 is 11.3 Å². The summed E-state index contributed by atoms with van der Waals surface area (Å²) in [5, 5.41) is 18.3. The van der Waals surface area contributed by atoms with Gasteiger partial charge in [-0.15, -0.1) is 11.3 Å². The van der Waals surface area contributed by atoms with Crippen molar-refractivity contribution < 1.29 is 19.1 Å². The van der Waals surface area contributed by atoms with Crippen LogP contribution in [-0.2, 0) is 21.7 Å². The lowest BCUT2D eigenvalue weighted by Crippen LogP contribution is -2.45. The fourth-order valence-electron chi connectivity index (χ4n) is 2.33. The number of nitrogens with one attached hydrogen (secondary N) is 2. The number of hydrogen-bond donors (Lipinski definition) is 3. The molecule has 0 radical (unpaired) electrons. The Morgan fingerprint density at radius 1 is 1.16 bits per heavy atom. The first-order valence-electron chi connectivity index (χ1n) is 7.75. The summed E-state index contributed by atoms with van der Waals surface area (Å²) >= 11 is 1.49. The van der Waals surface area contributed by atoms with Crippen molar-refractivity contribution in [2.45, 2.75) is 19.1 Å². The maximum atomic E-state index is 11.9. The quantitative estimate of drug-likeness (QED) is 0.609. The van der Waals surface area contributed by atoms with Crippen LogP contribution in [0.3, 0.4) is 0 Å². The van der Waals surface area contributed by atoms with Gasteiger partial charge in [-0.3, -0.25) is 9.59 Å². The van der Waals surface area contributed by atoms with Crippen molar-refractivity contribution in [1.29, 1.82) is 0 Å². The monoisotopic (exact) mass is 358 g/mol. The number of rotatable bonds is 5. The van der Waals surface area contributed by atoms with Crippen LogP contribution in [0.1, 0.15) is 17.6 Å². The van der Waals surface area contributed by atoms with Gasteiger partial charge < -0.3 is 20.2 Å². The van der Waals surface area contributed by atoms with Gasteiger partial charge in [-0.05, 0) is 30.5 Å². The summed E-state index contributed by atoms with van der Waals surface area (Å²) in [7, 11) is 0. The van der Waals surface area contributed by atoms with Crippen molar-refractivity contribution in [3.05, 3.63) is 58.5 Å². The van der Waals surface area contributed by atoms with Crippen LogP contribution in [0.5, 0.6) is 0 Å². The van der Waals surface area contributed by atoms with E-state index in [4.69, 9.17) is 4.42 Å². The number of fused-ring (bicyclic) bond motifs is 1. The third kappa shape index (κ3) is 4.07. The second-order valence-corrected chi connectivity index (χ2v) is 6.90. The van der Waals surface area contributed by atoms with E-state index in [1.807, 2.05) is 35.7 Å². The summed E-state index contributed by atoms with van der Waals surface area (Å²) in [5.41, 5.74) is -0.777. The molecule has 2 aromatic heterocycles. The third-order valence-corrected chi connectivity index (χ3v) is 4.64. The largest absolute Gasteiger partial charge is 0.458 e. The van der Waals surface area contributed by atoms with Gasteiger partial charge in [0.1, 0.15) is 16.9 Å². The maximum absolute atomic E-state index is 11.9. The van der Waals surface area contributed by atoms with Crippen LogP contribution < -0.4 is 10.6 Å². The summed E-state index contributed by atoms with van der Waals surface area (Å²) in [6.45, 7) is 1.68. The SMILES string of the molecule is CC(O)(CNC(=O)C(=O)NCc1cccs1)c1cc2ccccc2o1. The number of amides is 2. The van der Waals surface area contributed by atoms with Gasteiger partial charge in [0, 0.05) is 10.3 Å². The minimum Gasteiger partial charge on any atom is -0.458 e. The fraction of sp³-hybridized carbons (Fsp3) is 0.222. The number of para-hydroxylation sites is 1. The minimum absolute atomic E-state index is 0.141. The lowest BCUT2D eigenvalue weighted by molar-refractivity contribution is -0.140. The van der Waals surface area contributed by atoms with Crippen molar-refractivity contribution in [2.24, 2.45) is 0 Å². The molecule has 1 aromatic carbocycles. The van der Waals surface area contributed by atoms with Gasteiger partial charge in [0.15, 0.2) is 0 Å². The van der Waals surface area contributed by atoms with Crippen molar-refractivity contribution in [3.63, 3.8) is 0 Å². The Hall–Kier alpha value is -2.64. The molecule has 0 saturated carbocycles. The number of hydrogen-bond acceptors (Lipinski definition) is 5. The average Bonchev–Trinajstić information content (AvgIpc) is 3.26. The molecule has 2 amide bonds. The highest BCUT2D eigenvalue weighted by atomic mass is 32.1. The van der Waals surface area contributed by atoms with E-state index < -0.39 is 17.4 Å². The Morgan fingerprint density at radius 3 is 2.64 bits per heavy atom. The summed E-state index contributed by atoms with van der Waals surface area (Å²) in [5.74, 6) is -1.21. The van der Waals surface area contributed by atoms with Crippen molar-refractivity contribution in [3.8, 4) is 0 Å². The summed E-state index contributed by atoms with van der Waals surface area (Å²) in [6.07, 6.45) is 0. The highest BCUT2D eigenvalue weighted by molar-refractivity contribution is 7.09. The van der Waals surface area contributed by atoms with E-state index in [1.54, 1.807) is 12.1 Å². The molecule has 0 aliphatic rings. The van der Waals surface area contributed by atoms with Crippen molar-refractivity contribution >= 4 is 34.1 Å². The lowest BCUT2D eigenvalue weighted by atomic mass is 10.0. The number of thiophene rings is 1. The molecule has 2 heterocycles. The molecule has 1 atom stereocenters. The molecule has 7 heteroatoms. The molecule has 6 nitrogen and oxygen atoms in total. The Bertz CT molecular complexity index is 851. The third-order valence-electron chi connectivity index (χ3n) is 3.76. The summed E-state index contributed by atoms with van der Waals surface area (Å²) < 4.78 is 5.62. The molecule has 3 N–H and O–H groups in total. The zero-order valence-corrected chi connectivity index (χ0v) is 14.4. The normalized spacial score (nSPS) is 13.4. The van der Waals surface area contributed by atoms with Crippen molar-refractivity contribution in [2.75, 3.05) is 6.54 Å². The molecular weight excluding hydrogens is 340 g/mol. The average molecular weight is 358 g/mol. The van der Waals surface area contributed by atoms with Gasteiger partial charge in [0.25, 0.3) is 0 Å². The van der Waals surface area contributed by atoms with Crippen LogP contribution in [0.15, 0.2) is 52.3 Å². The first-order chi connectivity index (χ1) is 12.0. The molecule has 25 heavy (non-hydrogen) atoms. The number of carbonyl (C=O) groups is 2. The van der Waals surface area contributed by atoms with Gasteiger partial charge in [-0.1, -0.05) is 24.3 Å². The molecule has 0 aliphatic carbocycles. The molecule has 1 unspecified atom stereocenters. The maximum Gasteiger partial charge on any atom is 0.309 e. The van der Waals surface area contributed by atoms with E-state index in [0.29, 0.717) is 17.9 Å². The van der Waals surface area contributed by atoms with E-state index in [9.17, 15) is 14.7 Å². The molecule has 0 spiro atoms. The van der Waals surface area contributed by atoms with Gasteiger partial charge in [0.05, 0.1) is 13.1 Å². The number of furan rings is 1. The zero-order valence-electron chi connectivity index (χ0n) is 13.6. The molecule has 0 bridgehead atoms. The van der Waals surface area contributed by atoms with E-state index in [0.717, 1.165) is 10.3 Å². The van der Waals surface area contributed by atoms with E-state index in [-0.39, 0.29) is 6.54 Å². The number of carbonyl (C=O) groups excluding carboxylic acids is 2. The van der Waals surface area contributed by atoms with Gasteiger partial charge in [0.2, 0.25) is 0 Å². The van der Waals surface area contributed by atoms with Crippen molar-refractivity contribution in [1.82, 2.24) is 10.6 Å². The molecule has 0 fully saturated rings. The van der Waals surface area contributed by atoms with Crippen LogP contribution in [0, 0.1) is 0 Å². The van der Waals surface area contributed by atoms with Crippen LogP contribution in [0.25, 0.3) is 11.0 Å². The zero-order chi connectivity index (χ0) is 17.9. The molecule has 130 valence electrons. The Balaban J connectivity index is 1.57. The summed E-state index contributed by atoms with van der Waals surface area (Å²) in [6, 6.07) is 12.8. The highest BCUT2D eigenvalue weighted by Crippen LogP contribution is 2.27. The molecule has 3 aromatic rings. The Morgan fingerprint density at radius 2 is 1.92 bits per heavy atom. The fourth-order valence-corrected chi connectivity index (χ4v) is 2.97. The van der Waals surface area contributed by atoms with Crippen LogP contribution in [-0.4, -0.2) is 23.5 Å². The van der Waals surface area contributed by atoms with Crippen LogP contribution in [0.4, 0.5) is 0 Å². The minimum atomic E-state index is -1.43. The second-order valence-electron chi connectivity index (χ2n) is 5.87. The Labute approximate surface area is 148 Å². The second kappa shape index (κ2) is 7.08. The van der Waals surface area contributed by atoms with Gasteiger partial charge in [-0.2, -0.15) is 0 Å². The first kappa shape index (κ1) is 17.2. The molecule has 0 saturated heterocycles. The van der Waals surface area contributed by atoms with E-state index in [1.165, 1.54) is 18.3 Å². The van der Waals surface area contributed by atoms with E-state index >= 15 is 0 Å². The predicted octanol–water partition coefficient (Wildman–Crippen LogP) is 2.13. The topological polar surface area (TPSA) is 91.6 Å². The van der Waals surface area contributed by atoms with E-state index in [2.05, 4.69) is 10.6 Å².